The molecule has 0 aromatic carbocycles. The van der Waals surface area contributed by atoms with Crippen molar-refractivity contribution in [3.05, 3.63) is 35.0 Å². The number of piperidine rings is 1. The van der Waals surface area contributed by atoms with E-state index < -0.39 is 27.2 Å². The highest BCUT2D eigenvalue weighted by atomic mass is 32.2. The molecule has 110 valence electrons. The van der Waals surface area contributed by atoms with Gasteiger partial charge >= 0.3 is 5.97 Å². The number of thiophene rings is 1. The highest BCUT2D eigenvalue weighted by Gasteiger charge is 2.36. The summed E-state index contributed by atoms with van der Waals surface area (Å²) in [6.45, 7) is 4.04. The van der Waals surface area contributed by atoms with Crippen LogP contribution in [0.15, 0.2) is 30.2 Å². The van der Waals surface area contributed by atoms with Gasteiger partial charge in [-0.15, -0.1) is 17.9 Å². The van der Waals surface area contributed by atoms with Crippen molar-refractivity contribution < 1.29 is 18.3 Å². The lowest BCUT2D eigenvalue weighted by Gasteiger charge is -2.31. The van der Waals surface area contributed by atoms with E-state index in [0.29, 0.717) is 24.3 Å². The summed E-state index contributed by atoms with van der Waals surface area (Å²) < 4.78 is 26.6. The first kappa shape index (κ1) is 15.2. The smallest absolute Gasteiger partial charge is 0.307 e. The Labute approximate surface area is 122 Å². The summed E-state index contributed by atoms with van der Waals surface area (Å²) in [6, 6.07) is 3.55. The summed E-state index contributed by atoms with van der Waals surface area (Å²) in [5.41, 5.74) is 0. The van der Waals surface area contributed by atoms with Crippen molar-refractivity contribution in [3.8, 4) is 0 Å². The summed E-state index contributed by atoms with van der Waals surface area (Å²) in [4.78, 5) is 11.8. The second kappa shape index (κ2) is 6.07. The number of carboxylic acid groups (broad SMARTS) is 1. The minimum atomic E-state index is -3.60. The van der Waals surface area contributed by atoms with Crippen molar-refractivity contribution >= 4 is 27.3 Å². The molecule has 1 aliphatic heterocycles. The Morgan fingerprint density at radius 1 is 1.60 bits per heavy atom. The minimum Gasteiger partial charge on any atom is -0.481 e. The highest BCUT2D eigenvalue weighted by molar-refractivity contribution is 7.89. The van der Waals surface area contributed by atoms with Crippen LogP contribution in [0, 0.1) is 5.92 Å². The van der Waals surface area contributed by atoms with Crippen molar-refractivity contribution in [2.45, 2.75) is 18.1 Å². The molecule has 0 amide bonds. The SMILES string of the molecule is C=CC(c1cccs1)S(=O)(=O)N1CCC[C@@H](C(=O)O)C1. The van der Waals surface area contributed by atoms with E-state index >= 15 is 0 Å². The van der Waals surface area contributed by atoms with Crippen LogP contribution in [0.2, 0.25) is 0 Å². The van der Waals surface area contributed by atoms with E-state index in [9.17, 15) is 13.2 Å². The number of hydrogen-bond donors (Lipinski definition) is 1. The Balaban J connectivity index is 2.25. The first-order valence-electron chi connectivity index (χ1n) is 6.34. The Bertz CT molecular complexity index is 580. The zero-order valence-corrected chi connectivity index (χ0v) is 12.6. The van der Waals surface area contributed by atoms with Gasteiger partial charge in [-0.25, -0.2) is 12.7 Å². The first-order valence-corrected chi connectivity index (χ1v) is 8.73. The summed E-state index contributed by atoms with van der Waals surface area (Å²) in [5, 5.41) is 10.1. The third kappa shape index (κ3) is 2.94. The Hall–Kier alpha value is -1.18. The zero-order chi connectivity index (χ0) is 14.8. The lowest BCUT2D eigenvalue weighted by Crippen LogP contribution is -2.43. The van der Waals surface area contributed by atoms with E-state index in [1.54, 1.807) is 12.1 Å². The molecule has 1 N–H and O–H groups in total. The molecular weight excluding hydrogens is 298 g/mol. The summed E-state index contributed by atoms with van der Waals surface area (Å²) >= 11 is 1.36. The van der Waals surface area contributed by atoms with Crippen LogP contribution < -0.4 is 0 Å². The molecule has 0 spiro atoms. The number of carboxylic acids is 1. The standard InChI is InChI=1S/C13H17NO4S2/c1-2-12(11-6-4-8-19-11)20(17,18)14-7-3-5-10(9-14)13(15)16/h2,4,6,8,10,12H,1,3,5,7,9H2,(H,15,16)/t10-,12?/m1/s1. The lowest BCUT2D eigenvalue weighted by atomic mass is 10.0. The molecule has 0 bridgehead atoms. The van der Waals surface area contributed by atoms with E-state index in [0.717, 1.165) is 0 Å². The van der Waals surface area contributed by atoms with Crippen LogP contribution in [-0.2, 0) is 14.8 Å². The Morgan fingerprint density at radius 3 is 2.90 bits per heavy atom. The maximum absolute atomic E-state index is 12.7. The number of hydrogen-bond acceptors (Lipinski definition) is 4. The van der Waals surface area contributed by atoms with Gasteiger partial charge < -0.3 is 5.11 Å². The maximum atomic E-state index is 12.7. The fourth-order valence-corrected chi connectivity index (χ4v) is 5.31. The average Bonchev–Trinajstić information content (AvgIpc) is 2.93. The van der Waals surface area contributed by atoms with Crippen molar-refractivity contribution in [1.82, 2.24) is 4.31 Å². The first-order chi connectivity index (χ1) is 9.46. The van der Waals surface area contributed by atoms with Gasteiger partial charge in [-0.2, -0.15) is 0 Å². The summed E-state index contributed by atoms with van der Waals surface area (Å²) in [5.74, 6) is -1.55. The topological polar surface area (TPSA) is 74.7 Å². The molecule has 0 radical (unpaired) electrons. The minimum absolute atomic E-state index is 0.0490. The summed E-state index contributed by atoms with van der Waals surface area (Å²) in [7, 11) is -3.60. The van der Waals surface area contributed by atoms with Gasteiger partial charge in [0, 0.05) is 18.0 Å². The molecule has 1 aromatic rings. The largest absolute Gasteiger partial charge is 0.481 e. The maximum Gasteiger partial charge on any atom is 0.307 e. The van der Waals surface area contributed by atoms with Crippen LogP contribution in [0.5, 0.6) is 0 Å². The second-order valence-corrected chi connectivity index (χ2v) is 7.79. The molecule has 1 fully saturated rings. The normalized spacial score (nSPS) is 22.3. The number of rotatable bonds is 5. The van der Waals surface area contributed by atoms with E-state index in [2.05, 4.69) is 6.58 Å². The molecule has 1 aromatic heterocycles. The lowest BCUT2D eigenvalue weighted by molar-refractivity contribution is -0.142. The van der Waals surface area contributed by atoms with Crippen LogP contribution in [0.3, 0.4) is 0 Å². The third-order valence-electron chi connectivity index (χ3n) is 3.45. The van der Waals surface area contributed by atoms with Gasteiger partial charge in [0.05, 0.1) is 5.92 Å². The fraction of sp³-hybridized carbons (Fsp3) is 0.462. The third-order valence-corrected chi connectivity index (χ3v) is 6.70. The van der Waals surface area contributed by atoms with Gasteiger partial charge in [0.25, 0.3) is 0 Å². The number of carbonyl (C=O) groups is 1. The molecular formula is C13H17NO4S2. The average molecular weight is 315 g/mol. The van der Waals surface area contributed by atoms with E-state index in [1.807, 2.05) is 5.38 Å². The van der Waals surface area contributed by atoms with E-state index in [1.165, 1.54) is 21.7 Å². The molecule has 20 heavy (non-hydrogen) atoms. The van der Waals surface area contributed by atoms with Crippen LogP contribution in [0.4, 0.5) is 0 Å². The molecule has 2 rings (SSSR count). The van der Waals surface area contributed by atoms with Crippen LogP contribution in [-0.4, -0.2) is 36.9 Å². The van der Waals surface area contributed by atoms with Gasteiger partial charge in [-0.05, 0) is 24.3 Å². The van der Waals surface area contributed by atoms with Gasteiger partial charge in [-0.3, -0.25) is 4.79 Å². The molecule has 0 saturated carbocycles. The quantitative estimate of drug-likeness (QED) is 0.844. The van der Waals surface area contributed by atoms with Crippen molar-refractivity contribution in [3.63, 3.8) is 0 Å². The monoisotopic (exact) mass is 315 g/mol. The fourth-order valence-electron chi connectivity index (χ4n) is 2.37. The predicted octanol–water partition coefficient (Wildman–Crippen LogP) is 2.10. The number of nitrogens with zero attached hydrogens (tertiary/aromatic N) is 1. The summed E-state index contributed by atoms with van der Waals surface area (Å²) in [6.07, 6.45) is 2.51. The highest BCUT2D eigenvalue weighted by Crippen LogP contribution is 2.32. The van der Waals surface area contributed by atoms with Gasteiger partial charge in [0.2, 0.25) is 10.0 Å². The van der Waals surface area contributed by atoms with Gasteiger partial charge in [0.15, 0.2) is 0 Å². The van der Waals surface area contributed by atoms with Crippen LogP contribution in [0.25, 0.3) is 0 Å². The van der Waals surface area contributed by atoms with Crippen molar-refractivity contribution in [2.24, 2.45) is 5.92 Å². The van der Waals surface area contributed by atoms with Crippen molar-refractivity contribution in [1.29, 1.82) is 0 Å². The Kier molecular flexibility index (Phi) is 4.62. The van der Waals surface area contributed by atoms with Crippen LogP contribution >= 0.6 is 11.3 Å². The van der Waals surface area contributed by atoms with Crippen molar-refractivity contribution in [2.75, 3.05) is 13.1 Å². The Morgan fingerprint density at radius 2 is 2.35 bits per heavy atom. The second-order valence-electron chi connectivity index (χ2n) is 4.75. The molecule has 2 atom stereocenters. The van der Waals surface area contributed by atoms with E-state index in [-0.39, 0.29) is 6.54 Å². The van der Waals surface area contributed by atoms with Gasteiger partial charge in [0.1, 0.15) is 5.25 Å². The zero-order valence-electron chi connectivity index (χ0n) is 10.9. The molecule has 5 nitrogen and oxygen atoms in total. The molecule has 1 saturated heterocycles. The number of aliphatic carboxylic acids is 1. The predicted molar refractivity (Wildman–Crippen MR) is 78.1 cm³/mol. The molecule has 1 aliphatic rings. The molecule has 7 heteroatoms. The van der Waals surface area contributed by atoms with Gasteiger partial charge in [-0.1, -0.05) is 12.1 Å². The molecule has 0 aliphatic carbocycles. The van der Waals surface area contributed by atoms with E-state index in [4.69, 9.17) is 5.11 Å². The number of sulfonamides is 1. The molecule has 1 unspecified atom stereocenters. The van der Waals surface area contributed by atoms with Crippen LogP contribution in [0.1, 0.15) is 23.0 Å². The molecule has 2 heterocycles.